The summed E-state index contributed by atoms with van der Waals surface area (Å²) in [6.07, 6.45) is 0.0686. The number of rotatable bonds is 12. The minimum atomic E-state index is -0.801. The van der Waals surface area contributed by atoms with Crippen LogP contribution in [0, 0.1) is 16.0 Å². The van der Waals surface area contributed by atoms with Crippen molar-refractivity contribution >= 4 is 22.9 Å². The second kappa shape index (κ2) is 13.3. The van der Waals surface area contributed by atoms with Crippen molar-refractivity contribution in [1.82, 2.24) is 0 Å². The number of nitrogens with one attached hydrogen (secondary N) is 1. The molecular weight excluding hydrogens is 524 g/mol. The summed E-state index contributed by atoms with van der Waals surface area (Å²) in [7, 11) is 0. The summed E-state index contributed by atoms with van der Waals surface area (Å²) in [5.74, 6) is -1.60. The molecule has 0 amide bonds. The summed E-state index contributed by atoms with van der Waals surface area (Å²) in [5, 5.41) is 15.4. The fraction of sp³-hybridized carbons (Fsp3) is 0.111. The lowest BCUT2D eigenvalue weighted by Gasteiger charge is -2.34. The van der Waals surface area contributed by atoms with Gasteiger partial charge in [0.25, 0.3) is 5.69 Å². The first-order valence-electron chi connectivity index (χ1n) is 13.8. The lowest BCUT2D eigenvalue weighted by atomic mass is 9.72. The number of benzene rings is 5. The average molecular weight is 555 g/mol. The van der Waals surface area contributed by atoms with Crippen LogP contribution in [0.25, 0.3) is 0 Å². The molecule has 5 aromatic carbocycles. The van der Waals surface area contributed by atoms with Crippen molar-refractivity contribution in [3.63, 3.8) is 0 Å². The molecule has 1 N–H and O–H groups in total. The van der Waals surface area contributed by atoms with E-state index in [1.54, 1.807) is 42.5 Å². The molecule has 0 spiro atoms. The quantitative estimate of drug-likeness (QED) is 0.0952. The number of para-hydroxylation sites is 2. The molecule has 0 bridgehead atoms. The average Bonchev–Trinajstić information content (AvgIpc) is 3.05. The van der Waals surface area contributed by atoms with Crippen molar-refractivity contribution in [2.45, 2.75) is 18.4 Å². The highest BCUT2D eigenvalue weighted by Crippen LogP contribution is 2.42. The van der Waals surface area contributed by atoms with Crippen molar-refractivity contribution in [3.05, 3.63) is 178 Å². The van der Waals surface area contributed by atoms with Gasteiger partial charge < -0.3 is 5.32 Å². The first-order chi connectivity index (χ1) is 20.5. The van der Waals surface area contributed by atoms with Crippen LogP contribution in [0.2, 0.25) is 0 Å². The van der Waals surface area contributed by atoms with Crippen LogP contribution in [0.3, 0.4) is 0 Å². The fourth-order valence-electron chi connectivity index (χ4n) is 5.42. The Morgan fingerprint density at radius 2 is 1.10 bits per heavy atom. The lowest BCUT2D eigenvalue weighted by molar-refractivity contribution is -0.384. The Morgan fingerprint density at radius 1 is 0.619 bits per heavy atom. The van der Waals surface area contributed by atoms with Crippen molar-refractivity contribution in [2.24, 2.45) is 5.92 Å². The van der Waals surface area contributed by atoms with Gasteiger partial charge in [-0.25, -0.2) is 0 Å². The smallest absolute Gasteiger partial charge is 0.292 e. The molecule has 5 aromatic rings. The third kappa shape index (κ3) is 6.50. The minimum absolute atomic E-state index is 0.0686. The third-order valence-electron chi connectivity index (χ3n) is 7.45. The molecule has 0 fully saturated rings. The van der Waals surface area contributed by atoms with E-state index in [0.717, 1.165) is 11.1 Å². The van der Waals surface area contributed by atoms with E-state index in [4.69, 9.17) is 0 Å². The van der Waals surface area contributed by atoms with Crippen molar-refractivity contribution in [1.29, 1.82) is 0 Å². The van der Waals surface area contributed by atoms with Gasteiger partial charge in [-0.05, 0) is 17.2 Å². The molecule has 0 heterocycles. The monoisotopic (exact) mass is 554 g/mol. The first-order valence-corrected chi connectivity index (χ1v) is 13.8. The number of nitro benzene ring substituents is 1. The maximum Gasteiger partial charge on any atom is 0.292 e. The van der Waals surface area contributed by atoms with Crippen LogP contribution in [-0.2, 0) is 0 Å². The number of carbonyl (C=O) groups excluding carboxylic acids is 2. The number of carbonyl (C=O) groups is 2. The summed E-state index contributed by atoms with van der Waals surface area (Å²) in [6, 6.07) is 42.7. The van der Waals surface area contributed by atoms with E-state index in [9.17, 15) is 19.7 Å². The van der Waals surface area contributed by atoms with Crippen LogP contribution in [0.1, 0.15) is 50.2 Å². The van der Waals surface area contributed by atoms with Crippen LogP contribution < -0.4 is 5.32 Å². The van der Waals surface area contributed by atoms with Crippen LogP contribution in [0.5, 0.6) is 0 Å². The highest BCUT2D eigenvalue weighted by molar-refractivity contribution is 6.01. The fourth-order valence-corrected chi connectivity index (χ4v) is 5.42. The van der Waals surface area contributed by atoms with Gasteiger partial charge in [-0.2, -0.15) is 0 Å². The summed E-state index contributed by atoms with van der Waals surface area (Å²) >= 11 is 0. The van der Waals surface area contributed by atoms with Gasteiger partial charge >= 0.3 is 0 Å². The van der Waals surface area contributed by atoms with Gasteiger partial charge in [0.1, 0.15) is 5.69 Å². The van der Waals surface area contributed by atoms with Gasteiger partial charge in [0.15, 0.2) is 11.6 Å². The van der Waals surface area contributed by atoms with Gasteiger partial charge in [0, 0.05) is 29.5 Å². The summed E-state index contributed by atoms with van der Waals surface area (Å²) < 4.78 is 0. The Hall–Kier alpha value is -5.36. The number of anilines is 1. The molecule has 0 saturated heterocycles. The molecular formula is C36H30N2O4. The molecule has 0 aliphatic rings. The molecule has 5 rings (SSSR count). The van der Waals surface area contributed by atoms with Crippen LogP contribution in [0.15, 0.2) is 146 Å². The second-order valence-corrected chi connectivity index (χ2v) is 10.1. The summed E-state index contributed by atoms with van der Waals surface area (Å²) in [5.41, 5.74) is 2.87. The number of hydrogen-bond donors (Lipinski definition) is 1. The van der Waals surface area contributed by atoms with Gasteiger partial charge in [-0.15, -0.1) is 0 Å². The Kier molecular flexibility index (Phi) is 8.94. The molecule has 0 aromatic heterocycles. The zero-order valence-corrected chi connectivity index (χ0v) is 22.9. The topological polar surface area (TPSA) is 89.3 Å². The molecule has 0 aliphatic heterocycles. The normalized spacial score (nSPS) is 13.0. The molecule has 0 unspecified atom stereocenters. The molecule has 0 saturated carbocycles. The zero-order chi connectivity index (χ0) is 29.3. The van der Waals surface area contributed by atoms with Crippen molar-refractivity contribution in [3.8, 4) is 0 Å². The standard InChI is InChI=1S/C36H30N2O4/c39-33(27-17-7-2-8-18-27)25-30(26-15-5-1-6-16-26)34(36(40)29-21-11-4-12-22-29)35(28-19-9-3-10-20-28)37-31-23-13-14-24-32(31)38(41)42/h1-24,30,34-35,37H,25H2/t30-,34-,35+/m0/s1. The SMILES string of the molecule is O=C(C[C@@H](c1ccccc1)[C@H](C(=O)c1ccccc1)[C@H](Nc1ccccc1[N+](=O)[O-])c1ccccc1)c1ccccc1. The molecule has 208 valence electrons. The van der Waals surface area contributed by atoms with Crippen molar-refractivity contribution in [2.75, 3.05) is 5.32 Å². The van der Waals surface area contributed by atoms with E-state index in [1.165, 1.54) is 6.07 Å². The maximum atomic E-state index is 14.6. The van der Waals surface area contributed by atoms with E-state index in [-0.39, 0.29) is 23.7 Å². The lowest BCUT2D eigenvalue weighted by Crippen LogP contribution is -2.34. The van der Waals surface area contributed by atoms with E-state index < -0.39 is 22.8 Å². The Balaban J connectivity index is 1.70. The maximum absolute atomic E-state index is 14.6. The van der Waals surface area contributed by atoms with E-state index in [0.29, 0.717) is 16.8 Å². The molecule has 3 atom stereocenters. The highest BCUT2D eigenvalue weighted by atomic mass is 16.6. The Morgan fingerprint density at radius 3 is 1.67 bits per heavy atom. The van der Waals surface area contributed by atoms with Crippen LogP contribution in [-0.4, -0.2) is 16.5 Å². The number of nitrogens with zero attached hydrogens (tertiary/aromatic N) is 1. The molecule has 42 heavy (non-hydrogen) atoms. The number of hydrogen-bond acceptors (Lipinski definition) is 5. The van der Waals surface area contributed by atoms with Crippen LogP contribution in [0.4, 0.5) is 11.4 Å². The predicted molar refractivity (Wildman–Crippen MR) is 165 cm³/mol. The zero-order valence-electron chi connectivity index (χ0n) is 22.9. The second-order valence-electron chi connectivity index (χ2n) is 10.1. The predicted octanol–water partition coefficient (Wildman–Crippen LogP) is 8.30. The van der Waals surface area contributed by atoms with Gasteiger partial charge in [-0.1, -0.05) is 133 Å². The largest absolute Gasteiger partial charge is 0.372 e. The molecule has 6 heteroatoms. The van der Waals surface area contributed by atoms with Crippen molar-refractivity contribution < 1.29 is 14.5 Å². The van der Waals surface area contributed by atoms with Gasteiger partial charge in [0.2, 0.25) is 0 Å². The molecule has 6 nitrogen and oxygen atoms in total. The number of ketones is 2. The Bertz CT molecular complexity index is 1640. The summed E-state index contributed by atoms with van der Waals surface area (Å²) in [6.45, 7) is 0. The van der Waals surface area contributed by atoms with Gasteiger partial charge in [-0.3, -0.25) is 19.7 Å². The highest BCUT2D eigenvalue weighted by Gasteiger charge is 2.39. The van der Waals surface area contributed by atoms with E-state index >= 15 is 0 Å². The van der Waals surface area contributed by atoms with Crippen LogP contribution >= 0.6 is 0 Å². The summed E-state index contributed by atoms with van der Waals surface area (Å²) in [4.78, 5) is 39.9. The van der Waals surface area contributed by atoms with Gasteiger partial charge in [0.05, 0.1) is 16.9 Å². The number of nitro groups is 1. The van der Waals surface area contributed by atoms with E-state index in [2.05, 4.69) is 5.32 Å². The van der Waals surface area contributed by atoms with E-state index in [1.807, 2.05) is 97.1 Å². The molecule has 0 radical (unpaired) electrons. The minimum Gasteiger partial charge on any atom is -0.372 e. The Labute approximate surface area is 244 Å². The first kappa shape index (κ1) is 28.2. The number of Topliss-reactive ketones (excluding diaryl/α,β-unsaturated/α-hetero) is 2. The third-order valence-corrected chi connectivity index (χ3v) is 7.45. The molecule has 0 aliphatic carbocycles.